The van der Waals surface area contributed by atoms with Crippen LogP contribution in [0, 0.1) is 6.92 Å². The maximum Gasteiger partial charge on any atom is 0.278 e. The first kappa shape index (κ1) is 15.4. The first-order chi connectivity index (χ1) is 9.58. The molecule has 0 bridgehead atoms. The number of nitrogens with two attached hydrogens (primary N) is 1. The Morgan fingerprint density at radius 1 is 1.38 bits per heavy atom. The number of anilines is 2. The second kappa shape index (κ2) is 5.77. The predicted octanol–water partition coefficient (Wildman–Crippen LogP) is 2.33. The van der Waals surface area contributed by atoms with E-state index in [0.717, 1.165) is 35.5 Å². The molecule has 0 unspecified atom stereocenters. The molecule has 0 fully saturated rings. The second-order valence-corrected chi connectivity index (χ2v) is 5.20. The van der Waals surface area contributed by atoms with Crippen LogP contribution in [0.4, 0.5) is 11.4 Å². The van der Waals surface area contributed by atoms with Crippen LogP contribution >= 0.6 is 12.4 Å². The number of hydrogen-bond acceptors (Lipinski definition) is 3. The summed E-state index contributed by atoms with van der Waals surface area (Å²) in [6, 6.07) is 7.56. The van der Waals surface area contributed by atoms with Crippen LogP contribution in [-0.4, -0.2) is 22.2 Å². The summed E-state index contributed by atoms with van der Waals surface area (Å²) in [5.41, 5.74) is 10.2. The molecule has 6 heteroatoms. The van der Waals surface area contributed by atoms with E-state index >= 15 is 0 Å². The van der Waals surface area contributed by atoms with Crippen LogP contribution in [0.15, 0.2) is 24.3 Å². The zero-order chi connectivity index (χ0) is 14.3. The Morgan fingerprint density at radius 2 is 2.14 bits per heavy atom. The van der Waals surface area contributed by atoms with E-state index in [0.29, 0.717) is 12.2 Å². The van der Waals surface area contributed by atoms with Crippen molar-refractivity contribution in [3.8, 4) is 0 Å². The third-order valence-corrected chi connectivity index (χ3v) is 3.86. The molecule has 0 saturated carbocycles. The third-order valence-electron chi connectivity index (χ3n) is 3.86. The molecule has 2 N–H and O–H groups in total. The van der Waals surface area contributed by atoms with E-state index in [1.165, 1.54) is 0 Å². The lowest BCUT2D eigenvalue weighted by atomic mass is 9.99. The Labute approximate surface area is 130 Å². The van der Waals surface area contributed by atoms with Crippen LogP contribution < -0.4 is 10.6 Å². The van der Waals surface area contributed by atoms with E-state index in [1.807, 2.05) is 38.2 Å². The van der Waals surface area contributed by atoms with E-state index in [1.54, 1.807) is 9.58 Å². The molecule has 112 valence electrons. The van der Waals surface area contributed by atoms with Gasteiger partial charge in [-0.1, -0.05) is 6.07 Å². The lowest BCUT2D eigenvalue weighted by Gasteiger charge is -2.29. The minimum absolute atomic E-state index is 0. The van der Waals surface area contributed by atoms with Gasteiger partial charge in [-0.05, 0) is 43.5 Å². The van der Waals surface area contributed by atoms with Gasteiger partial charge in [-0.3, -0.25) is 9.48 Å². The molecule has 2 heterocycles. The van der Waals surface area contributed by atoms with Gasteiger partial charge in [-0.15, -0.1) is 12.4 Å². The molecule has 2 aromatic rings. The van der Waals surface area contributed by atoms with Gasteiger partial charge in [0.1, 0.15) is 0 Å². The zero-order valence-corrected chi connectivity index (χ0v) is 13.0. The maximum absolute atomic E-state index is 12.6. The van der Waals surface area contributed by atoms with E-state index < -0.39 is 0 Å². The van der Waals surface area contributed by atoms with Crippen molar-refractivity contribution in [2.45, 2.75) is 19.8 Å². The van der Waals surface area contributed by atoms with Crippen LogP contribution in [0.25, 0.3) is 0 Å². The molecule has 1 aromatic carbocycles. The van der Waals surface area contributed by atoms with Crippen molar-refractivity contribution in [2.75, 3.05) is 17.2 Å². The summed E-state index contributed by atoms with van der Waals surface area (Å²) in [6.45, 7) is 2.65. The minimum atomic E-state index is -0.0553. The van der Waals surface area contributed by atoms with Crippen molar-refractivity contribution in [1.29, 1.82) is 0 Å². The van der Waals surface area contributed by atoms with Gasteiger partial charge in [0.2, 0.25) is 0 Å². The number of carbonyl (C=O) groups excluding carboxylic acids is 1. The lowest BCUT2D eigenvalue weighted by Crippen LogP contribution is -2.36. The Balaban J connectivity index is 0.00000161. The Bertz CT molecular complexity index is 661. The normalized spacial score (nSPS) is 13.5. The highest BCUT2D eigenvalue weighted by Crippen LogP contribution is 2.32. The summed E-state index contributed by atoms with van der Waals surface area (Å²) in [7, 11) is 1.84. The predicted molar refractivity (Wildman–Crippen MR) is 86.0 cm³/mol. The molecule has 0 atom stereocenters. The Hall–Kier alpha value is -2.01. The van der Waals surface area contributed by atoms with Crippen molar-refractivity contribution in [3.63, 3.8) is 0 Å². The van der Waals surface area contributed by atoms with Gasteiger partial charge in [-0.25, -0.2) is 0 Å². The summed E-state index contributed by atoms with van der Waals surface area (Å²) in [5, 5.41) is 4.27. The number of benzene rings is 1. The molecule has 0 aliphatic carbocycles. The molecular weight excluding hydrogens is 288 g/mol. The average Bonchev–Trinajstić information content (AvgIpc) is 2.78. The smallest absolute Gasteiger partial charge is 0.278 e. The van der Waals surface area contributed by atoms with E-state index in [9.17, 15) is 4.79 Å². The van der Waals surface area contributed by atoms with Crippen LogP contribution in [0.2, 0.25) is 0 Å². The van der Waals surface area contributed by atoms with Crippen molar-refractivity contribution >= 4 is 29.7 Å². The number of aromatic nitrogens is 2. The standard InChI is InChI=1S/C15H18N4O.ClH/c1-10-9-13(17-18(10)2)15(20)19-8-4-5-11-12(16)6-3-7-14(11)19;/h3,6-7,9H,4-5,8,16H2,1-2H3;1H. The van der Waals surface area contributed by atoms with Gasteiger partial charge in [-0.2, -0.15) is 5.10 Å². The first-order valence-electron chi connectivity index (χ1n) is 6.78. The molecule has 21 heavy (non-hydrogen) atoms. The topological polar surface area (TPSA) is 64.2 Å². The van der Waals surface area contributed by atoms with Crippen molar-refractivity contribution in [3.05, 3.63) is 41.2 Å². The number of hydrogen-bond donors (Lipinski definition) is 1. The monoisotopic (exact) mass is 306 g/mol. The van der Waals surface area contributed by atoms with Gasteiger partial charge in [0.05, 0.1) is 0 Å². The first-order valence-corrected chi connectivity index (χ1v) is 6.78. The summed E-state index contributed by atoms with van der Waals surface area (Å²) < 4.78 is 1.72. The molecular formula is C15H19ClN4O. The second-order valence-electron chi connectivity index (χ2n) is 5.20. The van der Waals surface area contributed by atoms with Gasteiger partial charge >= 0.3 is 0 Å². The van der Waals surface area contributed by atoms with Crippen molar-refractivity contribution in [1.82, 2.24) is 9.78 Å². The number of amides is 1. The van der Waals surface area contributed by atoms with Crippen molar-refractivity contribution in [2.24, 2.45) is 7.05 Å². The highest BCUT2D eigenvalue weighted by molar-refractivity contribution is 6.06. The van der Waals surface area contributed by atoms with Crippen LogP contribution in [0.5, 0.6) is 0 Å². The van der Waals surface area contributed by atoms with Gasteiger partial charge < -0.3 is 10.6 Å². The zero-order valence-electron chi connectivity index (χ0n) is 12.2. The average molecular weight is 307 g/mol. The number of aryl methyl sites for hydroxylation is 2. The molecule has 0 spiro atoms. The number of rotatable bonds is 1. The van der Waals surface area contributed by atoms with Gasteiger partial charge in [0, 0.05) is 30.7 Å². The van der Waals surface area contributed by atoms with Crippen LogP contribution in [-0.2, 0) is 13.5 Å². The molecule has 5 nitrogen and oxygen atoms in total. The fourth-order valence-corrected chi connectivity index (χ4v) is 2.67. The largest absolute Gasteiger partial charge is 0.398 e. The molecule has 3 rings (SSSR count). The fourth-order valence-electron chi connectivity index (χ4n) is 2.67. The van der Waals surface area contributed by atoms with E-state index in [-0.39, 0.29) is 18.3 Å². The number of halogens is 1. The quantitative estimate of drug-likeness (QED) is 0.822. The van der Waals surface area contributed by atoms with E-state index in [2.05, 4.69) is 5.10 Å². The Morgan fingerprint density at radius 3 is 2.81 bits per heavy atom. The maximum atomic E-state index is 12.6. The SMILES string of the molecule is Cc1cc(C(=O)N2CCCc3c(N)cccc32)nn1C.Cl. The highest BCUT2D eigenvalue weighted by Gasteiger charge is 2.26. The number of carbonyl (C=O) groups is 1. The number of fused-ring (bicyclic) bond motifs is 1. The molecule has 1 amide bonds. The summed E-state index contributed by atoms with van der Waals surface area (Å²) in [4.78, 5) is 14.4. The Kier molecular flexibility index (Phi) is 4.23. The molecule has 1 aliphatic heterocycles. The molecule has 0 radical (unpaired) electrons. The van der Waals surface area contributed by atoms with Crippen molar-refractivity contribution < 1.29 is 4.79 Å². The molecule has 1 aliphatic rings. The lowest BCUT2D eigenvalue weighted by molar-refractivity contribution is 0.0979. The summed E-state index contributed by atoms with van der Waals surface area (Å²) in [5.74, 6) is -0.0553. The third kappa shape index (κ3) is 2.61. The summed E-state index contributed by atoms with van der Waals surface area (Å²) in [6.07, 6.45) is 1.85. The number of nitrogens with zero attached hydrogens (tertiary/aromatic N) is 3. The highest BCUT2D eigenvalue weighted by atomic mass is 35.5. The van der Waals surface area contributed by atoms with Gasteiger partial charge in [0.15, 0.2) is 5.69 Å². The summed E-state index contributed by atoms with van der Waals surface area (Å²) >= 11 is 0. The minimum Gasteiger partial charge on any atom is -0.398 e. The molecule has 0 saturated heterocycles. The van der Waals surface area contributed by atoms with Crippen LogP contribution in [0.1, 0.15) is 28.2 Å². The van der Waals surface area contributed by atoms with Gasteiger partial charge in [0.25, 0.3) is 5.91 Å². The molecule has 1 aromatic heterocycles. The number of nitrogen functional groups attached to an aromatic ring is 1. The van der Waals surface area contributed by atoms with Crippen LogP contribution in [0.3, 0.4) is 0 Å². The fraction of sp³-hybridized carbons (Fsp3) is 0.333. The van der Waals surface area contributed by atoms with E-state index in [4.69, 9.17) is 5.73 Å².